The standard InChI is InChI=1S/C20H31NO5/c1-6-25-17(22)12-11-16(20(3,4)19(23)26-7-2)18(21)14-9-8-10-15(13-14)24-5/h8-10,13,16,18H,6-7,11-12,21H2,1-5H3. The van der Waals surface area contributed by atoms with Crippen molar-refractivity contribution in [2.45, 2.75) is 46.6 Å². The van der Waals surface area contributed by atoms with Crippen LogP contribution < -0.4 is 10.5 Å². The highest BCUT2D eigenvalue weighted by molar-refractivity contribution is 5.76. The first-order valence-corrected chi connectivity index (χ1v) is 9.00. The zero-order valence-electron chi connectivity index (χ0n) is 16.4. The topological polar surface area (TPSA) is 87.9 Å². The molecule has 0 saturated heterocycles. The first-order chi connectivity index (χ1) is 12.3. The Kier molecular flexibility index (Phi) is 8.58. The Bertz CT molecular complexity index is 600. The number of hydrogen-bond donors (Lipinski definition) is 1. The monoisotopic (exact) mass is 365 g/mol. The van der Waals surface area contributed by atoms with E-state index >= 15 is 0 Å². The molecule has 1 rings (SSSR count). The van der Waals surface area contributed by atoms with E-state index in [1.165, 1.54) is 0 Å². The van der Waals surface area contributed by atoms with Crippen LogP contribution in [0.3, 0.4) is 0 Å². The minimum absolute atomic E-state index is 0.193. The molecular formula is C20H31NO5. The zero-order valence-corrected chi connectivity index (χ0v) is 16.4. The fourth-order valence-corrected chi connectivity index (χ4v) is 3.05. The Labute approximate surface area is 156 Å². The van der Waals surface area contributed by atoms with Gasteiger partial charge in [0.1, 0.15) is 5.75 Å². The van der Waals surface area contributed by atoms with Crippen molar-refractivity contribution < 1.29 is 23.8 Å². The molecule has 0 radical (unpaired) electrons. The molecule has 0 fully saturated rings. The molecule has 0 aromatic heterocycles. The van der Waals surface area contributed by atoms with E-state index < -0.39 is 11.5 Å². The minimum Gasteiger partial charge on any atom is -0.497 e. The summed E-state index contributed by atoms with van der Waals surface area (Å²) in [4.78, 5) is 24.3. The maximum absolute atomic E-state index is 12.5. The van der Waals surface area contributed by atoms with E-state index in [1.54, 1.807) is 34.8 Å². The molecule has 26 heavy (non-hydrogen) atoms. The molecule has 1 aromatic rings. The number of carbonyl (C=O) groups excluding carboxylic acids is 2. The van der Waals surface area contributed by atoms with Crippen LogP contribution in [-0.2, 0) is 19.1 Å². The van der Waals surface area contributed by atoms with Crippen molar-refractivity contribution >= 4 is 11.9 Å². The molecule has 0 aliphatic heterocycles. The fourth-order valence-electron chi connectivity index (χ4n) is 3.05. The third-order valence-electron chi connectivity index (χ3n) is 4.61. The van der Waals surface area contributed by atoms with Gasteiger partial charge in [-0.3, -0.25) is 9.59 Å². The molecule has 2 atom stereocenters. The Morgan fingerprint density at radius 1 is 1.15 bits per heavy atom. The van der Waals surface area contributed by atoms with Crippen LogP contribution in [-0.4, -0.2) is 32.3 Å². The third-order valence-corrected chi connectivity index (χ3v) is 4.61. The molecule has 0 amide bonds. The van der Waals surface area contributed by atoms with Crippen LogP contribution in [0.2, 0.25) is 0 Å². The number of carbonyl (C=O) groups is 2. The van der Waals surface area contributed by atoms with Gasteiger partial charge in [0.05, 0.1) is 25.7 Å². The second-order valence-electron chi connectivity index (χ2n) is 6.69. The molecule has 146 valence electrons. The molecule has 0 aliphatic carbocycles. The number of methoxy groups -OCH3 is 1. The number of esters is 2. The largest absolute Gasteiger partial charge is 0.497 e. The minimum atomic E-state index is -0.856. The van der Waals surface area contributed by atoms with Crippen LogP contribution in [0.5, 0.6) is 5.75 Å². The van der Waals surface area contributed by atoms with Crippen molar-refractivity contribution in [1.29, 1.82) is 0 Å². The molecule has 6 heteroatoms. The quantitative estimate of drug-likeness (QED) is 0.640. The van der Waals surface area contributed by atoms with Crippen LogP contribution in [0.4, 0.5) is 0 Å². The summed E-state index contributed by atoms with van der Waals surface area (Å²) in [6, 6.07) is 6.97. The predicted molar refractivity (Wildman–Crippen MR) is 99.7 cm³/mol. The molecule has 0 spiro atoms. The Hall–Kier alpha value is -2.08. The maximum Gasteiger partial charge on any atom is 0.311 e. The van der Waals surface area contributed by atoms with E-state index in [4.69, 9.17) is 19.9 Å². The summed E-state index contributed by atoms with van der Waals surface area (Å²) >= 11 is 0. The number of hydrogen-bond acceptors (Lipinski definition) is 6. The van der Waals surface area contributed by atoms with Crippen molar-refractivity contribution in [1.82, 2.24) is 0 Å². The van der Waals surface area contributed by atoms with Crippen molar-refractivity contribution in [2.75, 3.05) is 20.3 Å². The highest BCUT2D eigenvalue weighted by Crippen LogP contribution is 2.40. The Morgan fingerprint density at radius 2 is 1.81 bits per heavy atom. The van der Waals surface area contributed by atoms with E-state index in [1.807, 2.05) is 24.3 Å². The van der Waals surface area contributed by atoms with Gasteiger partial charge in [-0.15, -0.1) is 0 Å². The summed E-state index contributed by atoms with van der Waals surface area (Å²) < 4.78 is 15.5. The van der Waals surface area contributed by atoms with Gasteiger partial charge < -0.3 is 19.9 Å². The summed E-state index contributed by atoms with van der Waals surface area (Å²) in [6.45, 7) is 7.76. The summed E-state index contributed by atoms with van der Waals surface area (Å²) in [5.41, 5.74) is 6.51. The molecule has 0 heterocycles. The van der Waals surface area contributed by atoms with E-state index in [2.05, 4.69) is 0 Å². The van der Waals surface area contributed by atoms with Gasteiger partial charge in [-0.05, 0) is 57.7 Å². The average molecular weight is 365 g/mol. The summed E-state index contributed by atoms with van der Waals surface area (Å²) in [6.07, 6.45) is 0.613. The molecule has 0 aliphatic rings. The van der Waals surface area contributed by atoms with E-state index in [9.17, 15) is 9.59 Å². The van der Waals surface area contributed by atoms with Crippen LogP contribution in [0.1, 0.15) is 52.1 Å². The molecular weight excluding hydrogens is 334 g/mol. The molecule has 0 bridgehead atoms. The molecule has 2 unspecified atom stereocenters. The van der Waals surface area contributed by atoms with Crippen molar-refractivity contribution in [3.05, 3.63) is 29.8 Å². The number of rotatable bonds is 10. The van der Waals surface area contributed by atoms with E-state index in [0.717, 1.165) is 5.56 Å². The number of benzene rings is 1. The zero-order chi connectivity index (χ0) is 19.7. The smallest absolute Gasteiger partial charge is 0.311 e. The van der Waals surface area contributed by atoms with Gasteiger partial charge in [0, 0.05) is 12.5 Å². The first kappa shape index (κ1) is 22.0. The van der Waals surface area contributed by atoms with Crippen molar-refractivity contribution in [3.8, 4) is 5.75 Å². The second-order valence-corrected chi connectivity index (χ2v) is 6.69. The first-order valence-electron chi connectivity index (χ1n) is 9.00. The lowest BCUT2D eigenvalue weighted by Gasteiger charge is -2.36. The SMILES string of the molecule is CCOC(=O)CCC(C(N)c1cccc(OC)c1)C(C)(C)C(=O)OCC. The number of ether oxygens (including phenoxy) is 3. The van der Waals surface area contributed by atoms with Gasteiger partial charge in [-0.25, -0.2) is 0 Å². The predicted octanol–water partition coefficient (Wildman–Crippen LogP) is 3.24. The maximum atomic E-state index is 12.5. The van der Waals surface area contributed by atoms with Gasteiger partial charge >= 0.3 is 11.9 Å². The normalized spacial score (nSPS) is 13.6. The lowest BCUT2D eigenvalue weighted by molar-refractivity contribution is -0.158. The van der Waals surface area contributed by atoms with Gasteiger partial charge in [-0.1, -0.05) is 12.1 Å². The van der Waals surface area contributed by atoms with Crippen LogP contribution in [0.25, 0.3) is 0 Å². The van der Waals surface area contributed by atoms with Gasteiger partial charge in [0.2, 0.25) is 0 Å². The van der Waals surface area contributed by atoms with Crippen LogP contribution in [0.15, 0.2) is 24.3 Å². The molecule has 0 saturated carbocycles. The molecule has 2 N–H and O–H groups in total. The van der Waals surface area contributed by atoms with E-state index in [0.29, 0.717) is 25.4 Å². The molecule has 1 aromatic carbocycles. The Morgan fingerprint density at radius 3 is 2.38 bits per heavy atom. The van der Waals surface area contributed by atoms with Gasteiger partial charge in [0.15, 0.2) is 0 Å². The number of nitrogens with two attached hydrogens (primary N) is 1. The second kappa shape index (κ2) is 10.2. The summed E-state index contributed by atoms with van der Waals surface area (Å²) in [5, 5.41) is 0. The van der Waals surface area contributed by atoms with Gasteiger partial charge in [0.25, 0.3) is 0 Å². The lowest BCUT2D eigenvalue weighted by atomic mass is 9.71. The summed E-state index contributed by atoms with van der Waals surface area (Å²) in [7, 11) is 1.59. The Balaban J connectivity index is 3.12. The highest BCUT2D eigenvalue weighted by atomic mass is 16.5. The van der Waals surface area contributed by atoms with Crippen molar-refractivity contribution in [2.24, 2.45) is 17.1 Å². The highest BCUT2D eigenvalue weighted by Gasteiger charge is 2.42. The van der Waals surface area contributed by atoms with Crippen molar-refractivity contribution in [3.63, 3.8) is 0 Å². The van der Waals surface area contributed by atoms with E-state index in [-0.39, 0.29) is 24.3 Å². The fraction of sp³-hybridized carbons (Fsp3) is 0.600. The van der Waals surface area contributed by atoms with Gasteiger partial charge in [-0.2, -0.15) is 0 Å². The summed E-state index contributed by atoms with van der Waals surface area (Å²) in [5.74, 6) is -0.240. The van der Waals surface area contributed by atoms with Crippen LogP contribution >= 0.6 is 0 Å². The lowest BCUT2D eigenvalue weighted by Crippen LogP contribution is -2.41. The third kappa shape index (κ3) is 5.73. The van der Waals surface area contributed by atoms with Crippen LogP contribution in [0, 0.1) is 11.3 Å². The average Bonchev–Trinajstić information content (AvgIpc) is 2.62. The molecule has 6 nitrogen and oxygen atoms in total.